The van der Waals surface area contributed by atoms with Crippen LogP contribution in [0.3, 0.4) is 0 Å². The third kappa shape index (κ3) is 2.47. The highest BCUT2D eigenvalue weighted by molar-refractivity contribution is 5.83. The van der Waals surface area contributed by atoms with Crippen molar-refractivity contribution >= 4 is 11.0 Å². The molecule has 1 atom stereocenters. The standard InChI is InChI=1S/C19H21NO/c1-4-16-18(15-10-5-6-11-17(15)21-16)19(20-3)14-9-7-8-13(2)12-14/h5-12,19-20H,4H2,1-3H3. The molecule has 1 unspecified atom stereocenters. The molecule has 108 valence electrons. The normalized spacial score (nSPS) is 12.7. The number of para-hydroxylation sites is 1. The molecule has 1 aromatic heterocycles. The zero-order valence-corrected chi connectivity index (χ0v) is 12.8. The molecule has 3 aromatic rings. The first-order valence-electron chi connectivity index (χ1n) is 7.48. The molecule has 1 heterocycles. The number of hydrogen-bond acceptors (Lipinski definition) is 2. The zero-order valence-electron chi connectivity index (χ0n) is 12.8. The molecule has 0 aliphatic carbocycles. The van der Waals surface area contributed by atoms with E-state index in [4.69, 9.17) is 4.42 Å². The molecule has 2 nitrogen and oxygen atoms in total. The molecular weight excluding hydrogens is 258 g/mol. The Kier molecular flexibility index (Phi) is 3.80. The lowest BCUT2D eigenvalue weighted by Crippen LogP contribution is -2.18. The monoisotopic (exact) mass is 279 g/mol. The van der Waals surface area contributed by atoms with Crippen LogP contribution in [0.25, 0.3) is 11.0 Å². The van der Waals surface area contributed by atoms with Crippen molar-refractivity contribution < 1.29 is 4.42 Å². The lowest BCUT2D eigenvalue weighted by Gasteiger charge is -2.18. The summed E-state index contributed by atoms with van der Waals surface area (Å²) in [4.78, 5) is 0. The van der Waals surface area contributed by atoms with E-state index in [0.717, 1.165) is 17.8 Å². The fraction of sp³-hybridized carbons (Fsp3) is 0.263. The maximum atomic E-state index is 6.04. The Balaban J connectivity index is 2.21. The van der Waals surface area contributed by atoms with Gasteiger partial charge in [0.25, 0.3) is 0 Å². The van der Waals surface area contributed by atoms with Crippen molar-refractivity contribution in [2.75, 3.05) is 7.05 Å². The van der Waals surface area contributed by atoms with Gasteiger partial charge in [-0.3, -0.25) is 0 Å². The lowest BCUT2D eigenvalue weighted by atomic mass is 9.94. The van der Waals surface area contributed by atoms with Crippen LogP contribution in [0.1, 0.15) is 35.4 Å². The summed E-state index contributed by atoms with van der Waals surface area (Å²) in [6, 6.07) is 17.1. The third-order valence-electron chi connectivity index (χ3n) is 3.98. The minimum atomic E-state index is 0.156. The summed E-state index contributed by atoms with van der Waals surface area (Å²) in [6.45, 7) is 4.27. The van der Waals surface area contributed by atoms with Crippen LogP contribution in [0, 0.1) is 6.92 Å². The highest BCUT2D eigenvalue weighted by Crippen LogP contribution is 2.34. The highest BCUT2D eigenvalue weighted by Gasteiger charge is 2.21. The number of benzene rings is 2. The molecule has 3 rings (SSSR count). The summed E-state index contributed by atoms with van der Waals surface area (Å²) in [5.41, 5.74) is 4.79. The first kappa shape index (κ1) is 13.9. The second-order valence-corrected chi connectivity index (χ2v) is 5.42. The Morgan fingerprint density at radius 2 is 1.90 bits per heavy atom. The van der Waals surface area contributed by atoms with E-state index in [1.165, 1.54) is 22.1 Å². The van der Waals surface area contributed by atoms with Gasteiger partial charge in [-0.05, 0) is 25.6 Å². The number of furan rings is 1. The molecule has 0 fully saturated rings. The number of nitrogens with one attached hydrogen (secondary N) is 1. The molecule has 0 spiro atoms. The number of rotatable bonds is 4. The molecule has 0 saturated heterocycles. The van der Waals surface area contributed by atoms with Crippen LogP contribution in [-0.2, 0) is 6.42 Å². The maximum Gasteiger partial charge on any atom is 0.134 e. The van der Waals surface area contributed by atoms with Gasteiger partial charge in [0.1, 0.15) is 11.3 Å². The first-order chi connectivity index (χ1) is 10.2. The number of aryl methyl sites for hydroxylation is 2. The van der Waals surface area contributed by atoms with Gasteiger partial charge < -0.3 is 9.73 Å². The van der Waals surface area contributed by atoms with Gasteiger partial charge in [-0.25, -0.2) is 0 Å². The molecular formula is C19H21NO. The van der Waals surface area contributed by atoms with Gasteiger partial charge in [0.15, 0.2) is 0 Å². The van der Waals surface area contributed by atoms with Crippen molar-refractivity contribution in [2.45, 2.75) is 26.3 Å². The van der Waals surface area contributed by atoms with E-state index in [0.29, 0.717) is 0 Å². The van der Waals surface area contributed by atoms with Gasteiger partial charge in [0, 0.05) is 17.4 Å². The van der Waals surface area contributed by atoms with Crippen molar-refractivity contribution in [3.8, 4) is 0 Å². The summed E-state index contributed by atoms with van der Waals surface area (Å²) in [5.74, 6) is 1.07. The van der Waals surface area contributed by atoms with Crippen LogP contribution in [0.5, 0.6) is 0 Å². The van der Waals surface area contributed by atoms with Crippen LogP contribution < -0.4 is 5.32 Å². The molecule has 0 aliphatic heterocycles. The Bertz CT molecular complexity index is 757. The molecule has 2 heteroatoms. The molecule has 0 bridgehead atoms. The Labute approximate surface area is 125 Å². The second kappa shape index (κ2) is 5.74. The molecule has 0 amide bonds. The predicted molar refractivity (Wildman–Crippen MR) is 87.7 cm³/mol. The van der Waals surface area contributed by atoms with E-state index >= 15 is 0 Å². The van der Waals surface area contributed by atoms with Crippen LogP contribution in [-0.4, -0.2) is 7.05 Å². The van der Waals surface area contributed by atoms with Crippen molar-refractivity contribution in [1.82, 2.24) is 5.32 Å². The largest absolute Gasteiger partial charge is 0.461 e. The quantitative estimate of drug-likeness (QED) is 0.754. The van der Waals surface area contributed by atoms with Crippen LogP contribution in [0.4, 0.5) is 0 Å². The molecule has 0 aliphatic rings. The van der Waals surface area contributed by atoms with Crippen molar-refractivity contribution in [3.05, 3.63) is 71.0 Å². The summed E-state index contributed by atoms with van der Waals surface area (Å²) in [5, 5.41) is 4.66. The number of hydrogen-bond donors (Lipinski definition) is 1. The van der Waals surface area contributed by atoms with Crippen LogP contribution >= 0.6 is 0 Å². The minimum Gasteiger partial charge on any atom is -0.461 e. The van der Waals surface area contributed by atoms with Crippen LogP contribution in [0.15, 0.2) is 52.9 Å². The Morgan fingerprint density at radius 3 is 2.62 bits per heavy atom. The van der Waals surface area contributed by atoms with E-state index in [1.54, 1.807) is 0 Å². The SMILES string of the molecule is CCc1oc2ccccc2c1C(NC)c1cccc(C)c1. The van der Waals surface area contributed by atoms with Crippen molar-refractivity contribution in [1.29, 1.82) is 0 Å². The third-order valence-corrected chi connectivity index (χ3v) is 3.98. The topological polar surface area (TPSA) is 25.2 Å². The average molecular weight is 279 g/mol. The van der Waals surface area contributed by atoms with E-state index in [2.05, 4.69) is 55.6 Å². The first-order valence-corrected chi connectivity index (χ1v) is 7.48. The smallest absolute Gasteiger partial charge is 0.134 e. The number of fused-ring (bicyclic) bond motifs is 1. The molecule has 0 saturated carbocycles. The highest BCUT2D eigenvalue weighted by atomic mass is 16.3. The van der Waals surface area contributed by atoms with E-state index in [1.807, 2.05) is 19.2 Å². The fourth-order valence-corrected chi connectivity index (χ4v) is 3.02. The van der Waals surface area contributed by atoms with Gasteiger partial charge in [0.05, 0.1) is 6.04 Å². The molecule has 0 radical (unpaired) electrons. The van der Waals surface area contributed by atoms with Crippen LogP contribution in [0.2, 0.25) is 0 Å². The predicted octanol–water partition coefficient (Wildman–Crippen LogP) is 4.61. The van der Waals surface area contributed by atoms with Gasteiger partial charge in [-0.1, -0.05) is 55.0 Å². The summed E-state index contributed by atoms with van der Waals surface area (Å²) >= 11 is 0. The maximum absolute atomic E-state index is 6.04. The minimum absolute atomic E-state index is 0.156. The van der Waals surface area contributed by atoms with E-state index < -0.39 is 0 Å². The van der Waals surface area contributed by atoms with Gasteiger partial charge >= 0.3 is 0 Å². The molecule has 1 N–H and O–H groups in total. The summed E-state index contributed by atoms with van der Waals surface area (Å²) in [7, 11) is 2.01. The van der Waals surface area contributed by atoms with E-state index in [-0.39, 0.29) is 6.04 Å². The van der Waals surface area contributed by atoms with Gasteiger partial charge in [-0.2, -0.15) is 0 Å². The molecule has 2 aromatic carbocycles. The van der Waals surface area contributed by atoms with Crippen molar-refractivity contribution in [2.24, 2.45) is 0 Å². The van der Waals surface area contributed by atoms with Crippen molar-refractivity contribution in [3.63, 3.8) is 0 Å². The summed E-state index contributed by atoms with van der Waals surface area (Å²) < 4.78 is 6.04. The fourth-order valence-electron chi connectivity index (χ4n) is 3.02. The lowest BCUT2D eigenvalue weighted by molar-refractivity contribution is 0.539. The Morgan fingerprint density at radius 1 is 1.10 bits per heavy atom. The second-order valence-electron chi connectivity index (χ2n) is 5.42. The van der Waals surface area contributed by atoms with Gasteiger partial charge in [0.2, 0.25) is 0 Å². The average Bonchev–Trinajstić information content (AvgIpc) is 2.87. The Hall–Kier alpha value is -2.06. The summed E-state index contributed by atoms with van der Waals surface area (Å²) in [6.07, 6.45) is 0.897. The molecule has 21 heavy (non-hydrogen) atoms. The zero-order chi connectivity index (χ0) is 14.8. The van der Waals surface area contributed by atoms with E-state index in [9.17, 15) is 0 Å². The van der Waals surface area contributed by atoms with Gasteiger partial charge in [-0.15, -0.1) is 0 Å².